The number of benzene rings is 2. The van der Waals surface area contributed by atoms with Crippen molar-refractivity contribution >= 4 is 34.0 Å². The van der Waals surface area contributed by atoms with Crippen LogP contribution >= 0.6 is 11.6 Å². The Hall–Kier alpha value is -1.74. The summed E-state index contributed by atoms with van der Waals surface area (Å²) >= 11 is 5.95. The first-order valence-electron chi connectivity index (χ1n) is 4.77. The Morgan fingerprint density at radius 3 is 2.75 bits per heavy atom. The molecule has 0 aliphatic heterocycles. The monoisotopic (exact) mass is 235 g/mol. The predicted molar refractivity (Wildman–Crippen MR) is 64.9 cm³/mol. The highest BCUT2D eigenvalue weighted by molar-refractivity contribution is 6.37. The molecule has 0 heterocycles. The average molecular weight is 236 g/mol. The lowest BCUT2D eigenvalue weighted by molar-refractivity contribution is -0.114. The minimum absolute atomic E-state index is 0.0569. The Morgan fingerprint density at radius 1 is 1.31 bits per heavy atom. The minimum Gasteiger partial charge on any atom is -0.506 e. The Bertz CT molecular complexity index is 566. The van der Waals surface area contributed by atoms with E-state index in [4.69, 9.17) is 11.6 Å². The van der Waals surface area contributed by atoms with E-state index in [1.165, 1.54) is 13.0 Å². The lowest BCUT2D eigenvalue weighted by Gasteiger charge is -2.06. The van der Waals surface area contributed by atoms with Gasteiger partial charge in [0.15, 0.2) is 0 Å². The van der Waals surface area contributed by atoms with Crippen LogP contribution in [0.25, 0.3) is 10.8 Å². The van der Waals surface area contributed by atoms with Crippen molar-refractivity contribution in [1.29, 1.82) is 0 Å². The van der Waals surface area contributed by atoms with Crippen LogP contribution in [0.2, 0.25) is 5.02 Å². The number of fused-ring (bicyclic) bond motifs is 1. The van der Waals surface area contributed by atoms with Crippen LogP contribution in [0.15, 0.2) is 30.3 Å². The number of phenolic OH excluding ortho intramolecular Hbond substituents is 1. The molecule has 0 radical (unpaired) electrons. The number of halogens is 1. The van der Waals surface area contributed by atoms with Crippen molar-refractivity contribution < 1.29 is 9.90 Å². The van der Waals surface area contributed by atoms with E-state index in [-0.39, 0.29) is 11.7 Å². The summed E-state index contributed by atoms with van der Waals surface area (Å²) in [4.78, 5) is 10.9. The highest BCUT2D eigenvalue weighted by Gasteiger charge is 2.05. The fourth-order valence-electron chi connectivity index (χ4n) is 1.56. The zero-order valence-electron chi connectivity index (χ0n) is 8.62. The molecule has 2 rings (SSSR count). The lowest BCUT2D eigenvalue weighted by Crippen LogP contribution is -2.05. The molecule has 0 saturated carbocycles. The average Bonchev–Trinajstić information content (AvgIpc) is 2.23. The van der Waals surface area contributed by atoms with E-state index < -0.39 is 0 Å². The van der Waals surface area contributed by atoms with Gasteiger partial charge in [0, 0.05) is 18.0 Å². The van der Waals surface area contributed by atoms with Gasteiger partial charge in [-0.15, -0.1) is 0 Å². The summed E-state index contributed by atoms with van der Waals surface area (Å²) in [5, 5.41) is 14.1. The quantitative estimate of drug-likeness (QED) is 0.798. The molecular formula is C12H10ClNO2. The van der Waals surface area contributed by atoms with Gasteiger partial charge >= 0.3 is 0 Å². The van der Waals surface area contributed by atoms with Crippen LogP contribution in [0, 0.1) is 0 Å². The fourth-order valence-corrected chi connectivity index (χ4v) is 1.80. The first-order valence-corrected chi connectivity index (χ1v) is 5.14. The minimum atomic E-state index is -0.121. The van der Waals surface area contributed by atoms with Gasteiger partial charge in [-0.1, -0.05) is 23.7 Å². The third kappa shape index (κ3) is 1.95. The SMILES string of the molecule is CC(=O)Nc1ccc2c(Cl)c(O)ccc2c1. The first kappa shape index (κ1) is 10.8. The van der Waals surface area contributed by atoms with Crippen LogP contribution in [0.3, 0.4) is 0 Å². The number of amides is 1. The molecule has 0 atom stereocenters. The smallest absolute Gasteiger partial charge is 0.221 e. The van der Waals surface area contributed by atoms with E-state index >= 15 is 0 Å². The van der Waals surface area contributed by atoms with Gasteiger partial charge in [0.2, 0.25) is 5.91 Å². The van der Waals surface area contributed by atoms with E-state index in [0.717, 1.165) is 10.8 Å². The van der Waals surface area contributed by atoms with Gasteiger partial charge in [0.1, 0.15) is 5.75 Å². The number of carbonyl (C=O) groups excluding carboxylic acids is 1. The molecule has 0 aliphatic carbocycles. The molecule has 82 valence electrons. The van der Waals surface area contributed by atoms with E-state index in [1.54, 1.807) is 18.2 Å². The van der Waals surface area contributed by atoms with Crippen LogP contribution < -0.4 is 5.32 Å². The molecule has 1 amide bonds. The molecule has 0 fully saturated rings. The topological polar surface area (TPSA) is 49.3 Å². The van der Waals surface area contributed by atoms with Crippen LogP contribution in [0.5, 0.6) is 5.75 Å². The Kier molecular flexibility index (Phi) is 2.71. The molecule has 2 aromatic rings. The molecule has 0 spiro atoms. The molecule has 2 aromatic carbocycles. The highest BCUT2D eigenvalue weighted by atomic mass is 35.5. The standard InChI is InChI=1S/C12H10ClNO2/c1-7(15)14-9-3-4-10-8(6-9)2-5-11(16)12(10)13/h2-6,16H,1H3,(H,14,15). The Balaban J connectivity index is 2.56. The van der Waals surface area contributed by atoms with Crippen molar-refractivity contribution in [3.8, 4) is 5.75 Å². The van der Waals surface area contributed by atoms with E-state index in [1.807, 2.05) is 6.07 Å². The maximum Gasteiger partial charge on any atom is 0.221 e. The van der Waals surface area contributed by atoms with Gasteiger partial charge in [-0.2, -0.15) is 0 Å². The highest BCUT2D eigenvalue weighted by Crippen LogP contribution is 2.32. The molecule has 0 aliphatic rings. The van der Waals surface area contributed by atoms with Crippen molar-refractivity contribution in [3.63, 3.8) is 0 Å². The number of anilines is 1. The zero-order chi connectivity index (χ0) is 11.7. The summed E-state index contributed by atoms with van der Waals surface area (Å²) in [6, 6.07) is 8.60. The molecular weight excluding hydrogens is 226 g/mol. The molecule has 0 aromatic heterocycles. The Morgan fingerprint density at radius 2 is 2.06 bits per heavy atom. The number of nitrogens with one attached hydrogen (secondary N) is 1. The largest absolute Gasteiger partial charge is 0.506 e. The Labute approximate surface area is 97.7 Å². The van der Waals surface area contributed by atoms with Gasteiger partial charge in [-0.3, -0.25) is 4.79 Å². The molecule has 0 bridgehead atoms. The van der Waals surface area contributed by atoms with Crippen molar-refractivity contribution in [3.05, 3.63) is 35.4 Å². The summed E-state index contributed by atoms with van der Waals surface area (Å²) < 4.78 is 0. The van der Waals surface area contributed by atoms with Crippen LogP contribution in [0.1, 0.15) is 6.92 Å². The first-order chi connectivity index (χ1) is 7.58. The van der Waals surface area contributed by atoms with E-state index in [2.05, 4.69) is 5.32 Å². The van der Waals surface area contributed by atoms with Crippen LogP contribution in [-0.4, -0.2) is 11.0 Å². The summed E-state index contributed by atoms with van der Waals surface area (Å²) in [7, 11) is 0. The van der Waals surface area contributed by atoms with Gasteiger partial charge < -0.3 is 10.4 Å². The van der Waals surface area contributed by atoms with Crippen LogP contribution in [-0.2, 0) is 4.79 Å². The van der Waals surface area contributed by atoms with Crippen molar-refractivity contribution in [2.24, 2.45) is 0 Å². The normalized spacial score (nSPS) is 10.4. The molecule has 3 nitrogen and oxygen atoms in total. The summed E-state index contributed by atoms with van der Waals surface area (Å²) in [6.45, 7) is 1.45. The third-order valence-electron chi connectivity index (χ3n) is 2.25. The molecule has 2 N–H and O–H groups in total. The van der Waals surface area contributed by atoms with Gasteiger partial charge in [-0.25, -0.2) is 0 Å². The molecule has 16 heavy (non-hydrogen) atoms. The van der Waals surface area contributed by atoms with Crippen molar-refractivity contribution in [2.75, 3.05) is 5.32 Å². The van der Waals surface area contributed by atoms with E-state index in [0.29, 0.717) is 10.7 Å². The maximum atomic E-state index is 10.9. The predicted octanol–water partition coefficient (Wildman–Crippen LogP) is 3.16. The van der Waals surface area contributed by atoms with Gasteiger partial charge in [-0.05, 0) is 23.6 Å². The number of carbonyl (C=O) groups is 1. The molecule has 0 saturated heterocycles. The maximum absolute atomic E-state index is 10.9. The lowest BCUT2D eigenvalue weighted by atomic mass is 10.1. The van der Waals surface area contributed by atoms with Crippen molar-refractivity contribution in [1.82, 2.24) is 0 Å². The number of rotatable bonds is 1. The van der Waals surface area contributed by atoms with E-state index in [9.17, 15) is 9.90 Å². The number of phenols is 1. The molecule has 4 heteroatoms. The second kappa shape index (κ2) is 4.02. The number of aromatic hydroxyl groups is 1. The number of hydrogen-bond acceptors (Lipinski definition) is 2. The zero-order valence-corrected chi connectivity index (χ0v) is 9.38. The summed E-state index contributed by atoms with van der Waals surface area (Å²) in [6.07, 6.45) is 0. The fraction of sp³-hybridized carbons (Fsp3) is 0.0833. The summed E-state index contributed by atoms with van der Waals surface area (Å²) in [5.74, 6) is -0.0642. The van der Waals surface area contributed by atoms with Crippen LogP contribution in [0.4, 0.5) is 5.69 Å². The van der Waals surface area contributed by atoms with Gasteiger partial charge in [0.25, 0.3) is 0 Å². The molecule has 0 unspecified atom stereocenters. The third-order valence-corrected chi connectivity index (χ3v) is 2.65. The second-order valence-electron chi connectivity index (χ2n) is 3.52. The van der Waals surface area contributed by atoms with Gasteiger partial charge in [0.05, 0.1) is 5.02 Å². The van der Waals surface area contributed by atoms with Crippen molar-refractivity contribution in [2.45, 2.75) is 6.92 Å². The second-order valence-corrected chi connectivity index (χ2v) is 3.89. The number of hydrogen-bond donors (Lipinski definition) is 2. The summed E-state index contributed by atoms with van der Waals surface area (Å²) in [5.41, 5.74) is 0.710.